The topological polar surface area (TPSA) is 41.6 Å². The third-order valence-corrected chi connectivity index (χ3v) is 7.61. The summed E-state index contributed by atoms with van der Waals surface area (Å²) in [5.41, 5.74) is 1.08. The maximum atomic E-state index is 12.5. The van der Waals surface area contributed by atoms with E-state index in [1.807, 2.05) is 17.4 Å². The van der Waals surface area contributed by atoms with Crippen molar-refractivity contribution in [1.82, 2.24) is 10.2 Å². The van der Waals surface area contributed by atoms with Crippen molar-refractivity contribution in [3.8, 4) is 5.75 Å². The quantitative estimate of drug-likeness (QED) is 0.782. The lowest BCUT2D eigenvalue weighted by molar-refractivity contribution is -0.122. The number of fused-ring (bicyclic) bond motifs is 1. The van der Waals surface area contributed by atoms with E-state index in [1.54, 1.807) is 0 Å². The molecule has 1 aromatic carbocycles. The Morgan fingerprint density at radius 3 is 2.72 bits per heavy atom. The van der Waals surface area contributed by atoms with Crippen LogP contribution in [0.1, 0.15) is 59.8 Å². The molecule has 1 atom stereocenters. The van der Waals surface area contributed by atoms with Gasteiger partial charge in [-0.2, -0.15) is 0 Å². The number of amides is 1. The first-order valence-corrected chi connectivity index (χ1v) is 11.8. The number of carbonyl (C=O) groups excluding carboxylic acids is 1. The highest BCUT2D eigenvalue weighted by Gasteiger charge is 2.43. The number of aryl methyl sites for hydroxylation is 1. The van der Waals surface area contributed by atoms with Crippen LogP contribution in [-0.4, -0.2) is 35.5 Å². The second kappa shape index (κ2) is 7.77. The minimum absolute atomic E-state index is 0.124. The van der Waals surface area contributed by atoms with E-state index in [1.165, 1.54) is 15.3 Å². The summed E-state index contributed by atoms with van der Waals surface area (Å²) >= 11 is 1.90. The number of likely N-dealkylation sites (tertiary alicyclic amines) is 1. The van der Waals surface area contributed by atoms with Gasteiger partial charge in [-0.1, -0.05) is 18.2 Å². The third-order valence-electron chi connectivity index (χ3n) is 6.62. The second-order valence-corrected chi connectivity index (χ2v) is 10.4. The zero-order valence-electron chi connectivity index (χ0n) is 17.2. The Balaban J connectivity index is 1.27. The molecule has 5 heteroatoms. The Morgan fingerprint density at radius 2 is 2.00 bits per heavy atom. The molecule has 0 radical (unpaired) electrons. The Bertz CT molecular complexity index is 881. The lowest BCUT2D eigenvalue weighted by Crippen LogP contribution is -2.50. The van der Waals surface area contributed by atoms with Gasteiger partial charge in [0.15, 0.2) is 0 Å². The number of benzene rings is 1. The molecule has 1 saturated carbocycles. The third kappa shape index (κ3) is 4.36. The summed E-state index contributed by atoms with van der Waals surface area (Å²) in [6.45, 7) is 5.32. The average molecular weight is 411 g/mol. The van der Waals surface area contributed by atoms with Gasteiger partial charge in [0.25, 0.3) is 0 Å². The van der Waals surface area contributed by atoms with Gasteiger partial charge in [0.2, 0.25) is 5.91 Å². The number of piperidine rings is 1. The second-order valence-electron chi connectivity index (χ2n) is 9.06. The number of nitrogens with one attached hydrogen (secondary N) is 1. The first-order valence-electron chi connectivity index (χ1n) is 10.9. The minimum atomic E-state index is -0.124. The molecule has 0 bridgehead atoms. The summed E-state index contributed by atoms with van der Waals surface area (Å²) in [7, 11) is 0. The molecule has 5 rings (SSSR count). The standard InChI is InChI=1S/C24H30N2O2S/c1-17-6-9-20(29-17)16-26-12-10-24(11-13-26)15-18(14-23(27)25-19-7-8-19)21-4-2-3-5-22(21)28-24/h2-6,9,18-19H,7-8,10-16H2,1H3,(H,25,27)/t18-/m0/s1. The number of rotatable bonds is 5. The molecule has 1 amide bonds. The summed E-state index contributed by atoms with van der Waals surface area (Å²) in [5.74, 6) is 1.45. The molecular formula is C24H30N2O2S. The molecule has 3 aliphatic rings. The summed E-state index contributed by atoms with van der Waals surface area (Å²) < 4.78 is 6.61. The fourth-order valence-corrected chi connectivity index (χ4v) is 5.81. The lowest BCUT2D eigenvalue weighted by Gasteiger charge is -2.47. The van der Waals surface area contributed by atoms with Crippen LogP contribution in [0.2, 0.25) is 0 Å². The van der Waals surface area contributed by atoms with Crippen LogP contribution in [0.3, 0.4) is 0 Å². The van der Waals surface area contributed by atoms with E-state index < -0.39 is 0 Å². The van der Waals surface area contributed by atoms with Gasteiger partial charge in [-0.15, -0.1) is 11.3 Å². The predicted molar refractivity (Wildman–Crippen MR) is 117 cm³/mol. The normalized spacial score (nSPS) is 23.4. The highest BCUT2D eigenvalue weighted by Crippen LogP contribution is 2.46. The molecule has 1 saturated heterocycles. The number of para-hydroxylation sites is 1. The monoisotopic (exact) mass is 410 g/mol. The van der Waals surface area contributed by atoms with E-state index >= 15 is 0 Å². The van der Waals surface area contributed by atoms with Gasteiger partial charge < -0.3 is 10.1 Å². The first-order chi connectivity index (χ1) is 14.1. The van der Waals surface area contributed by atoms with Gasteiger partial charge in [0, 0.05) is 47.8 Å². The van der Waals surface area contributed by atoms with Crippen molar-refractivity contribution in [3.05, 3.63) is 51.7 Å². The van der Waals surface area contributed by atoms with Crippen molar-refractivity contribution in [1.29, 1.82) is 0 Å². The molecule has 1 aliphatic carbocycles. The van der Waals surface area contributed by atoms with Gasteiger partial charge in [-0.25, -0.2) is 0 Å². The van der Waals surface area contributed by atoms with Crippen LogP contribution in [0, 0.1) is 6.92 Å². The van der Waals surface area contributed by atoms with Crippen LogP contribution in [0.25, 0.3) is 0 Å². The van der Waals surface area contributed by atoms with Crippen molar-refractivity contribution >= 4 is 17.2 Å². The highest BCUT2D eigenvalue weighted by atomic mass is 32.1. The minimum Gasteiger partial charge on any atom is -0.487 e. The van der Waals surface area contributed by atoms with E-state index in [2.05, 4.69) is 47.5 Å². The van der Waals surface area contributed by atoms with E-state index in [0.29, 0.717) is 12.5 Å². The molecule has 3 heterocycles. The summed E-state index contributed by atoms with van der Waals surface area (Å²) in [6, 6.07) is 13.2. The van der Waals surface area contributed by atoms with Gasteiger partial charge in [-0.3, -0.25) is 9.69 Å². The number of ether oxygens (including phenoxy) is 1. The Labute approximate surface area is 177 Å². The molecule has 1 N–H and O–H groups in total. The van der Waals surface area contributed by atoms with E-state index in [0.717, 1.165) is 57.5 Å². The maximum absolute atomic E-state index is 12.5. The maximum Gasteiger partial charge on any atom is 0.220 e. The molecule has 154 valence electrons. The van der Waals surface area contributed by atoms with Crippen LogP contribution >= 0.6 is 11.3 Å². The molecule has 1 spiro atoms. The van der Waals surface area contributed by atoms with Crippen molar-refractivity contribution in [2.75, 3.05) is 13.1 Å². The summed E-state index contributed by atoms with van der Waals surface area (Å²) in [5, 5.41) is 3.17. The highest BCUT2D eigenvalue weighted by molar-refractivity contribution is 7.11. The van der Waals surface area contributed by atoms with Gasteiger partial charge in [0.05, 0.1) is 0 Å². The zero-order chi connectivity index (χ0) is 19.8. The van der Waals surface area contributed by atoms with Gasteiger partial charge in [0.1, 0.15) is 11.4 Å². The van der Waals surface area contributed by atoms with Crippen LogP contribution in [-0.2, 0) is 11.3 Å². The van der Waals surface area contributed by atoms with E-state index in [4.69, 9.17) is 4.74 Å². The molecular weight excluding hydrogens is 380 g/mol. The lowest BCUT2D eigenvalue weighted by atomic mass is 9.76. The van der Waals surface area contributed by atoms with E-state index in [9.17, 15) is 4.79 Å². The number of thiophene rings is 1. The Hall–Kier alpha value is -1.85. The van der Waals surface area contributed by atoms with Gasteiger partial charge in [-0.05, 0) is 62.8 Å². The van der Waals surface area contributed by atoms with Crippen molar-refractivity contribution in [2.24, 2.45) is 0 Å². The largest absolute Gasteiger partial charge is 0.487 e. The predicted octanol–water partition coefficient (Wildman–Crippen LogP) is 4.63. The fourth-order valence-electron chi connectivity index (χ4n) is 4.88. The molecule has 4 nitrogen and oxygen atoms in total. The smallest absolute Gasteiger partial charge is 0.220 e. The number of hydrogen-bond acceptors (Lipinski definition) is 4. The van der Waals surface area contributed by atoms with Crippen LogP contribution in [0.4, 0.5) is 0 Å². The number of nitrogens with zero attached hydrogens (tertiary/aromatic N) is 1. The van der Waals surface area contributed by atoms with Crippen LogP contribution in [0.5, 0.6) is 5.75 Å². The van der Waals surface area contributed by atoms with E-state index in [-0.39, 0.29) is 17.4 Å². The summed E-state index contributed by atoms with van der Waals surface area (Å²) in [6.07, 6.45) is 5.88. The summed E-state index contributed by atoms with van der Waals surface area (Å²) in [4.78, 5) is 17.9. The molecule has 2 aliphatic heterocycles. The first kappa shape index (κ1) is 19.1. The Morgan fingerprint density at radius 1 is 1.21 bits per heavy atom. The number of hydrogen-bond donors (Lipinski definition) is 1. The SMILES string of the molecule is Cc1ccc(CN2CCC3(CC2)C[C@H](CC(=O)NC2CC2)c2ccccc2O3)s1. The van der Waals surface area contributed by atoms with Crippen molar-refractivity contribution in [3.63, 3.8) is 0 Å². The Kier molecular flexibility index (Phi) is 5.12. The molecule has 29 heavy (non-hydrogen) atoms. The van der Waals surface area contributed by atoms with Crippen molar-refractivity contribution in [2.45, 2.75) is 69.6 Å². The van der Waals surface area contributed by atoms with Crippen LogP contribution < -0.4 is 10.1 Å². The fraction of sp³-hybridized carbons (Fsp3) is 0.542. The van der Waals surface area contributed by atoms with Gasteiger partial charge >= 0.3 is 0 Å². The molecule has 2 aromatic rings. The number of carbonyl (C=O) groups is 1. The van der Waals surface area contributed by atoms with Crippen molar-refractivity contribution < 1.29 is 9.53 Å². The average Bonchev–Trinajstić information content (AvgIpc) is 3.42. The molecule has 1 aromatic heterocycles. The molecule has 0 unspecified atom stereocenters. The zero-order valence-corrected chi connectivity index (χ0v) is 18.0. The van der Waals surface area contributed by atoms with Crippen LogP contribution in [0.15, 0.2) is 36.4 Å². The molecule has 2 fully saturated rings.